The molecule has 0 saturated heterocycles. The zero-order valence-corrected chi connectivity index (χ0v) is 9.44. The van der Waals surface area contributed by atoms with Crippen LogP contribution in [0.5, 0.6) is 0 Å². The summed E-state index contributed by atoms with van der Waals surface area (Å²) in [5.74, 6) is 0.0913. The van der Waals surface area contributed by atoms with Crippen molar-refractivity contribution in [3.63, 3.8) is 0 Å². The van der Waals surface area contributed by atoms with Gasteiger partial charge in [0.15, 0.2) is 0 Å². The maximum absolute atomic E-state index is 10.4. The van der Waals surface area contributed by atoms with Crippen molar-refractivity contribution in [3.8, 4) is 0 Å². The molecule has 1 aromatic rings. The SMILES string of the molecule is Cc1nc2c(n1C/C=C/C(=O)O)CCCC2. The average molecular weight is 220 g/mol. The largest absolute Gasteiger partial charge is 0.478 e. The molecule has 1 heterocycles. The quantitative estimate of drug-likeness (QED) is 0.789. The molecular weight excluding hydrogens is 204 g/mol. The summed E-state index contributed by atoms with van der Waals surface area (Å²) >= 11 is 0. The van der Waals surface area contributed by atoms with Gasteiger partial charge in [0.05, 0.1) is 5.69 Å². The standard InChI is InChI=1S/C12H16N2O2/c1-9-13-10-5-2-3-6-11(10)14(9)8-4-7-12(15)16/h4,7H,2-3,5-6,8H2,1H3,(H,15,16)/b7-4+. The zero-order valence-electron chi connectivity index (χ0n) is 9.44. The summed E-state index contributed by atoms with van der Waals surface area (Å²) in [6.07, 6.45) is 7.42. The highest BCUT2D eigenvalue weighted by Gasteiger charge is 2.16. The molecule has 0 radical (unpaired) electrons. The Labute approximate surface area is 94.6 Å². The van der Waals surface area contributed by atoms with Crippen LogP contribution in [0.2, 0.25) is 0 Å². The molecule has 0 saturated carbocycles. The summed E-state index contributed by atoms with van der Waals surface area (Å²) in [6.45, 7) is 2.59. The van der Waals surface area contributed by atoms with E-state index in [1.807, 2.05) is 6.92 Å². The maximum atomic E-state index is 10.4. The minimum Gasteiger partial charge on any atom is -0.478 e. The van der Waals surface area contributed by atoms with E-state index in [9.17, 15) is 4.79 Å². The number of hydrogen-bond acceptors (Lipinski definition) is 2. The van der Waals surface area contributed by atoms with Crippen molar-refractivity contribution in [1.29, 1.82) is 0 Å². The van der Waals surface area contributed by atoms with Crippen LogP contribution in [0.25, 0.3) is 0 Å². The first-order valence-corrected chi connectivity index (χ1v) is 5.63. The van der Waals surface area contributed by atoms with E-state index in [0.29, 0.717) is 6.54 Å². The Morgan fingerprint density at radius 1 is 1.50 bits per heavy atom. The fourth-order valence-electron chi connectivity index (χ4n) is 2.24. The van der Waals surface area contributed by atoms with E-state index in [1.54, 1.807) is 6.08 Å². The van der Waals surface area contributed by atoms with Crippen LogP contribution in [0.1, 0.15) is 30.1 Å². The van der Waals surface area contributed by atoms with Gasteiger partial charge < -0.3 is 9.67 Å². The number of rotatable bonds is 3. The summed E-state index contributed by atoms with van der Waals surface area (Å²) < 4.78 is 2.12. The summed E-state index contributed by atoms with van der Waals surface area (Å²) in [5, 5.41) is 8.54. The number of allylic oxidation sites excluding steroid dienone is 1. The summed E-state index contributed by atoms with van der Waals surface area (Å²) in [7, 11) is 0. The van der Waals surface area contributed by atoms with Crippen LogP contribution >= 0.6 is 0 Å². The first-order valence-electron chi connectivity index (χ1n) is 5.63. The van der Waals surface area contributed by atoms with E-state index in [4.69, 9.17) is 5.11 Å². The van der Waals surface area contributed by atoms with Gasteiger partial charge in [0.2, 0.25) is 0 Å². The summed E-state index contributed by atoms with van der Waals surface area (Å²) in [5.41, 5.74) is 2.49. The van der Waals surface area contributed by atoms with E-state index >= 15 is 0 Å². The van der Waals surface area contributed by atoms with Gasteiger partial charge in [-0.3, -0.25) is 0 Å². The van der Waals surface area contributed by atoms with Gasteiger partial charge in [-0.1, -0.05) is 6.08 Å². The van der Waals surface area contributed by atoms with Gasteiger partial charge in [0, 0.05) is 18.3 Å². The Kier molecular flexibility index (Phi) is 3.08. The smallest absolute Gasteiger partial charge is 0.328 e. The van der Waals surface area contributed by atoms with Crippen LogP contribution in [-0.2, 0) is 24.2 Å². The molecular formula is C12H16N2O2. The van der Waals surface area contributed by atoms with Crippen molar-refractivity contribution in [3.05, 3.63) is 29.4 Å². The molecule has 2 rings (SSSR count). The number of carboxylic acid groups (broad SMARTS) is 1. The van der Waals surface area contributed by atoms with Gasteiger partial charge >= 0.3 is 5.97 Å². The van der Waals surface area contributed by atoms with Crippen LogP contribution in [0.4, 0.5) is 0 Å². The fraction of sp³-hybridized carbons (Fsp3) is 0.500. The Morgan fingerprint density at radius 3 is 3.00 bits per heavy atom. The fourth-order valence-corrected chi connectivity index (χ4v) is 2.24. The number of hydrogen-bond donors (Lipinski definition) is 1. The Hall–Kier alpha value is -1.58. The van der Waals surface area contributed by atoms with Gasteiger partial charge in [-0.2, -0.15) is 0 Å². The molecule has 0 unspecified atom stereocenters. The molecule has 4 heteroatoms. The second-order valence-corrected chi connectivity index (χ2v) is 4.11. The van der Waals surface area contributed by atoms with E-state index in [-0.39, 0.29) is 0 Å². The van der Waals surface area contributed by atoms with Crippen molar-refractivity contribution in [2.45, 2.75) is 39.2 Å². The van der Waals surface area contributed by atoms with E-state index in [1.165, 1.54) is 30.3 Å². The van der Waals surface area contributed by atoms with Crippen molar-refractivity contribution in [2.75, 3.05) is 0 Å². The number of aromatic nitrogens is 2. The van der Waals surface area contributed by atoms with Crippen molar-refractivity contribution >= 4 is 5.97 Å². The molecule has 1 aliphatic rings. The van der Waals surface area contributed by atoms with Gasteiger partial charge in [0.1, 0.15) is 5.82 Å². The highest BCUT2D eigenvalue weighted by atomic mass is 16.4. The highest BCUT2D eigenvalue weighted by Crippen LogP contribution is 2.21. The normalized spacial score (nSPS) is 15.3. The maximum Gasteiger partial charge on any atom is 0.328 e. The Balaban J connectivity index is 2.20. The van der Waals surface area contributed by atoms with Crippen molar-refractivity contribution in [2.24, 2.45) is 0 Å². The third-order valence-electron chi connectivity index (χ3n) is 2.97. The average Bonchev–Trinajstić information content (AvgIpc) is 2.55. The molecule has 16 heavy (non-hydrogen) atoms. The first kappa shape index (κ1) is 10.9. The van der Waals surface area contributed by atoms with Crippen LogP contribution < -0.4 is 0 Å². The lowest BCUT2D eigenvalue weighted by Gasteiger charge is -2.13. The van der Waals surface area contributed by atoms with Crippen LogP contribution in [0.15, 0.2) is 12.2 Å². The summed E-state index contributed by atoms with van der Waals surface area (Å²) in [4.78, 5) is 14.9. The molecule has 0 atom stereocenters. The third-order valence-corrected chi connectivity index (χ3v) is 2.97. The van der Waals surface area contributed by atoms with Gasteiger partial charge in [-0.05, 0) is 32.6 Å². The minimum absolute atomic E-state index is 0.612. The number of nitrogens with zero attached hydrogens (tertiary/aromatic N) is 2. The predicted molar refractivity (Wildman–Crippen MR) is 60.4 cm³/mol. The molecule has 0 fully saturated rings. The second-order valence-electron chi connectivity index (χ2n) is 4.11. The van der Waals surface area contributed by atoms with Gasteiger partial charge in [0.25, 0.3) is 0 Å². The molecule has 1 aliphatic carbocycles. The van der Waals surface area contributed by atoms with Gasteiger partial charge in [-0.15, -0.1) is 0 Å². The lowest BCUT2D eigenvalue weighted by Crippen LogP contribution is -2.08. The molecule has 86 valence electrons. The van der Waals surface area contributed by atoms with E-state index in [2.05, 4.69) is 9.55 Å². The number of fused-ring (bicyclic) bond motifs is 1. The summed E-state index contributed by atoms with van der Waals surface area (Å²) in [6, 6.07) is 0. The monoisotopic (exact) mass is 220 g/mol. The topological polar surface area (TPSA) is 55.1 Å². The predicted octanol–water partition coefficient (Wildman–Crippen LogP) is 1.71. The molecule has 1 N–H and O–H groups in total. The number of imidazole rings is 1. The first-order chi connectivity index (χ1) is 7.68. The molecule has 0 bridgehead atoms. The number of aryl methyl sites for hydroxylation is 2. The molecule has 0 aromatic carbocycles. The Morgan fingerprint density at radius 2 is 2.25 bits per heavy atom. The zero-order chi connectivity index (χ0) is 11.5. The van der Waals surface area contributed by atoms with Crippen molar-refractivity contribution < 1.29 is 9.90 Å². The molecule has 1 aromatic heterocycles. The molecule has 4 nitrogen and oxygen atoms in total. The highest BCUT2D eigenvalue weighted by molar-refractivity contribution is 5.79. The lowest BCUT2D eigenvalue weighted by molar-refractivity contribution is -0.131. The second kappa shape index (κ2) is 4.51. The third kappa shape index (κ3) is 2.15. The molecule has 0 aliphatic heterocycles. The molecule has 0 spiro atoms. The van der Waals surface area contributed by atoms with E-state index in [0.717, 1.165) is 18.7 Å². The minimum atomic E-state index is -0.897. The van der Waals surface area contributed by atoms with Crippen molar-refractivity contribution in [1.82, 2.24) is 9.55 Å². The van der Waals surface area contributed by atoms with Gasteiger partial charge in [-0.25, -0.2) is 9.78 Å². The molecule has 0 amide bonds. The number of carbonyl (C=O) groups is 1. The number of carboxylic acids is 1. The van der Waals surface area contributed by atoms with Crippen LogP contribution in [0.3, 0.4) is 0 Å². The van der Waals surface area contributed by atoms with Crippen LogP contribution in [0, 0.1) is 6.92 Å². The lowest BCUT2D eigenvalue weighted by atomic mass is 10.0. The number of aliphatic carboxylic acids is 1. The Bertz CT molecular complexity index is 432. The van der Waals surface area contributed by atoms with Crippen LogP contribution in [-0.4, -0.2) is 20.6 Å². The van der Waals surface area contributed by atoms with E-state index < -0.39 is 5.97 Å².